The lowest BCUT2D eigenvalue weighted by atomic mass is 10.0. The lowest BCUT2D eigenvalue weighted by molar-refractivity contribution is 0.0495. The van der Waals surface area contributed by atoms with Crippen LogP contribution in [0.4, 0.5) is 0 Å². The van der Waals surface area contributed by atoms with E-state index >= 15 is 0 Å². The van der Waals surface area contributed by atoms with E-state index in [0.29, 0.717) is 30.5 Å². The van der Waals surface area contributed by atoms with Gasteiger partial charge in [-0.15, -0.1) is 11.3 Å². The topological polar surface area (TPSA) is 58.6 Å². The molecule has 1 N–H and O–H groups in total. The van der Waals surface area contributed by atoms with E-state index in [1.807, 2.05) is 19.4 Å². The number of hydrogen-bond donors (Lipinski definition) is 1. The number of rotatable bonds is 6. The molecule has 120 valence electrons. The molecule has 2 heterocycles. The standard InChI is InChI=1S/C14H24N2O3S2/c1-11-10-20-13(7-15-2)14(11)21(17,18)16(3)8-12-5-4-6-19-9-12/h10,12,15H,4-9H2,1-3H3. The summed E-state index contributed by atoms with van der Waals surface area (Å²) in [5.41, 5.74) is 0.831. The summed E-state index contributed by atoms with van der Waals surface area (Å²) in [4.78, 5) is 1.35. The second kappa shape index (κ2) is 7.19. The number of nitrogens with one attached hydrogen (secondary N) is 1. The van der Waals surface area contributed by atoms with Gasteiger partial charge in [-0.1, -0.05) is 0 Å². The van der Waals surface area contributed by atoms with Crippen molar-refractivity contribution in [2.24, 2.45) is 5.92 Å². The Kier molecular flexibility index (Phi) is 5.79. The first-order valence-corrected chi connectivity index (χ1v) is 9.54. The first-order chi connectivity index (χ1) is 9.96. The SMILES string of the molecule is CNCc1scc(C)c1S(=O)(=O)N(C)CC1CCCOC1. The van der Waals surface area contributed by atoms with Gasteiger partial charge in [0, 0.05) is 31.6 Å². The van der Waals surface area contributed by atoms with E-state index in [-0.39, 0.29) is 0 Å². The van der Waals surface area contributed by atoms with Crippen molar-refractivity contribution in [1.82, 2.24) is 9.62 Å². The van der Waals surface area contributed by atoms with Crippen LogP contribution in [0.1, 0.15) is 23.3 Å². The van der Waals surface area contributed by atoms with Gasteiger partial charge < -0.3 is 10.1 Å². The predicted octanol–water partition coefficient (Wildman–Crippen LogP) is 1.82. The zero-order valence-electron chi connectivity index (χ0n) is 12.9. The molecule has 1 aromatic rings. The second-order valence-electron chi connectivity index (χ2n) is 5.57. The van der Waals surface area contributed by atoms with Crippen molar-refractivity contribution in [3.05, 3.63) is 15.8 Å². The molecule has 5 nitrogen and oxygen atoms in total. The Morgan fingerprint density at radius 3 is 2.90 bits per heavy atom. The number of aryl methyl sites for hydroxylation is 1. The Labute approximate surface area is 131 Å². The first-order valence-electron chi connectivity index (χ1n) is 7.22. The van der Waals surface area contributed by atoms with Gasteiger partial charge in [-0.05, 0) is 43.7 Å². The van der Waals surface area contributed by atoms with Gasteiger partial charge in [0.2, 0.25) is 10.0 Å². The Morgan fingerprint density at radius 2 is 2.29 bits per heavy atom. The number of nitrogens with zero attached hydrogens (tertiary/aromatic N) is 1. The zero-order chi connectivity index (χ0) is 15.5. The molecule has 1 fully saturated rings. The fourth-order valence-electron chi connectivity index (χ4n) is 2.69. The highest BCUT2D eigenvalue weighted by molar-refractivity contribution is 7.89. The molecule has 0 aromatic carbocycles. The lowest BCUT2D eigenvalue weighted by Crippen LogP contribution is -2.35. The van der Waals surface area contributed by atoms with Crippen LogP contribution >= 0.6 is 11.3 Å². The maximum absolute atomic E-state index is 12.8. The Morgan fingerprint density at radius 1 is 1.52 bits per heavy atom. The van der Waals surface area contributed by atoms with Crippen LogP contribution < -0.4 is 5.32 Å². The Bertz CT molecular complexity index is 563. The average molecular weight is 332 g/mol. The summed E-state index contributed by atoms with van der Waals surface area (Å²) in [6, 6.07) is 0. The molecule has 1 atom stereocenters. The molecule has 2 rings (SSSR count). The summed E-state index contributed by atoms with van der Waals surface area (Å²) >= 11 is 1.50. The smallest absolute Gasteiger partial charge is 0.244 e. The van der Waals surface area contributed by atoms with Crippen LogP contribution in [0.5, 0.6) is 0 Å². The summed E-state index contributed by atoms with van der Waals surface area (Å²) < 4.78 is 32.6. The molecule has 0 aliphatic carbocycles. The minimum Gasteiger partial charge on any atom is -0.381 e. The van der Waals surface area contributed by atoms with E-state index in [9.17, 15) is 8.42 Å². The molecular formula is C14H24N2O3S2. The largest absolute Gasteiger partial charge is 0.381 e. The summed E-state index contributed by atoms with van der Waals surface area (Å²) in [6.45, 7) is 4.42. The molecule has 1 saturated heterocycles. The maximum Gasteiger partial charge on any atom is 0.244 e. The zero-order valence-corrected chi connectivity index (χ0v) is 14.5. The minimum absolute atomic E-state index is 0.296. The van der Waals surface area contributed by atoms with Gasteiger partial charge in [-0.2, -0.15) is 0 Å². The van der Waals surface area contributed by atoms with Crippen molar-refractivity contribution in [3.8, 4) is 0 Å². The van der Waals surface area contributed by atoms with Crippen LogP contribution in [0.3, 0.4) is 0 Å². The summed E-state index contributed by atoms with van der Waals surface area (Å²) in [7, 11) is 0.0684. The van der Waals surface area contributed by atoms with Crippen molar-refractivity contribution >= 4 is 21.4 Å². The van der Waals surface area contributed by atoms with E-state index in [0.717, 1.165) is 29.9 Å². The van der Waals surface area contributed by atoms with Crippen molar-refractivity contribution in [1.29, 1.82) is 0 Å². The van der Waals surface area contributed by atoms with Gasteiger partial charge in [0.1, 0.15) is 4.90 Å². The fraction of sp³-hybridized carbons (Fsp3) is 0.714. The quantitative estimate of drug-likeness (QED) is 0.863. The molecule has 0 amide bonds. The monoisotopic (exact) mass is 332 g/mol. The summed E-state index contributed by atoms with van der Waals surface area (Å²) in [5, 5.41) is 4.95. The molecular weight excluding hydrogens is 308 g/mol. The maximum atomic E-state index is 12.8. The molecule has 1 aliphatic rings. The van der Waals surface area contributed by atoms with Crippen LogP contribution in [-0.2, 0) is 21.3 Å². The van der Waals surface area contributed by atoms with E-state index in [1.54, 1.807) is 7.05 Å². The Balaban J connectivity index is 2.18. The van der Waals surface area contributed by atoms with Crippen molar-refractivity contribution in [3.63, 3.8) is 0 Å². The molecule has 1 aromatic heterocycles. The third kappa shape index (κ3) is 3.84. The molecule has 0 spiro atoms. The summed E-state index contributed by atoms with van der Waals surface area (Å²) in [5.74, 6) is 0.296. The van der Waals surface area contributed by atoms with Gasteiger partial charge in [0.05, 0.1) is 6.61 Å². The summed E-state index contributed by atoms with van der Waals surface area (Å²) in [6.07, 6.45) is 2.05. The Hall–Kier alpha value is -0.470. The number of hydrogen-bond acceptors (Lipinski definition) is 5. The molecule has 1 aliphatic heterocycles. The van der Waals surface area contributed by atoms with Crippen molar-refractivity contribution in [2.75, 3.05) is 33.9 Å². The third-order valence-corrected chi connectivity index (χ3v) is 7.05. The van der Waals surface area contributed by atoms with Gasteiger partial charge in [-0.25, -0.2) is 12.7 Å². The highest BCUT2D eigenvalue weighted by atomic mass is 32.2. The van der Waals surface area contributed by atoms with E-state index in [4.69, 9.17) is 4.74 Å². The highest BCUT2D eigenvalue weighted by Gasteiger charge is 2.29. The van der Waals surface area contributed by atoms with Crippen molar-refractivity contribution in [2.45, 2.75) is 31.2 Å². The van der Waals surface area contributed by atoms with Crippen LogP contribution in [0.25, 0.3) is 0 Å². The van der Waals surface area contributed by atoms with E-state index in [1.165, 1.54) is 15.6 Å². The second-order valence-corrected chi connectivity index (χ2v) is 8.52. The average Bonchev–Trinajstić information content (AvgIpc) is 2.82. The van der Waals surface area contributed by atoms with Crippen LogP contribution in [0.2, 0.25) is 0 Å². The molecule has 0 radical (unpaired) electrons. The van der Waals surface area contributed by atoms with Crippen molar-refractivity contribution < 1.29 is 13.2 Å². The molecule has 1 unspecified atom stereocenters. The first kappa shape index (κ1) is 16.9. The number of sulfonamides is 1. The van der Waals surface area contributed by atoms with Gasteiger partial charge >= 0.3 is 0 Å². The predicted molar refractivity (Wildman–Crippen MR) is 85.2 cm³/mol. The number of ether oxygens (including phenoxy) is 1. The normalized spacial score (nSPS) is 20.1. The van der Waals surface area contributed by atoms with Gasteiger partial charge in [0.25, 0.3) is 0 Å². The van der Waals surface area contributed by atoms with E-state index in [2.05, 4.69) is 5.32 Å². The fourth-order valence-corrected chi connectivity index (χ4v) is 5.70. The third-order valence-electron chi connectivity index (χ3n) is 3.76. The molecule has 0 saturated carbocycles. The minimum atomic E-state index is -3.43. The van der Waals surface area contributed by atoms with Gasteiger partial charge in [0.15, 0.2) is 0 Å². The van der Waals surface area contributed by atoms with Crippen LogP contribution in [0.15, 0.2) is 10.3 Å². The van der Waals surface area contributed by atoms with E-state index < -0.39 is 10.0 Å². The van der Waals surface area contributed by atoms with Gasteiger partial charge in [-0.3, -0.25) is 0 Å². The number of thiophene rings is 1. The molecule has 0 bridgehead atoms. The molecule has 7 heteroatoms. The lowest BCUT2D eigenvalue weighted by Gasteiger charge is -2.27. The van der Waals surface area contributed by atoms with Crippen LogP contribution in [-0.4, -0.2) is 46.6 Å². The highest BCUT2D eigenvalue weighted by Crippen LogP contribution is 2.29. The molecule has 21 heavy (non-hydrogen) atoms. The van der Waals surface area contributed by atoms with Crippen LogP contribution in [0, 0.1) is 12.8 Å².